The molecule has 2 heterocycles. The van der Waals surface area contributed by atoms with Crippen molar-refractivity contribution in [3.05, 3.63) is 64.3 Å². The van der Waals surface area contributed by atoms with E-state index in [1.165, 1.54) is 0 Å². The van der Waals surface area contributed by atoms with Crippen LogP contribution in [0.2, 0.25) is 0 Å². The van der Waals surface area contributed by atoms with Crippen molar-refractivity contribution < 1.29 is 9.59 Å². The van der Waals surface area contributed by atoms with Crippen LogP contribution in [0.4, 0.5) is 0 Å². The molecule has 0 radical (unpaired) electrons. The number of rotatable bonds is 3. The molecule has 0 saturated carbocycles. The third-order valence-corrected chi connectivity index (χ3v) is 4.61. The number of carbonyl (C=O) groups excluding carboxylic acids is 2. The van der Waals surface area contributed by atoms with Crippen LogP contribution in [0.5, 0.6) is 0 Å². The number of nitrogens with zero attached hydrogens (tertiary/aromatic N) is 1. The van der Waals surface area contributed by atoms with Gasteiger partial charge >= 0.3 is 0 Å². The van der Waals surface area contributed by atoms with Crippen molar-refractivity contribution in [1.82, 2.24) is 15.4 Å². The van der Waals surface area contributed by atoms with E-state index in [2.05, 4.69) is 10.4 Å². The number of carbonyl (C=O) groups is 2. The molecule has 1 aromatic carbocycles. The summed E-state index contributed by atoms with van der Waals surface area (Å²) in [6, 6.07) is 10.9. The Kier molecular flexibility index (Phi) is 4.31. The summed E-state index contributed by atoms with van der Waals surface area (Å²) in [5.41, 5.74) is 4.72. The second kappa shape index (κ2) is 6.39. The summed E-state index contributed by atoms with van der Waals surface area (Å²) in [6.45, 7) is 1.84. The van der Waals surface area contributed by atoms with Crippen molar-refractivity contribution in [1.29, 1.82) is 0 Å². The van der Waals surface area contributed by atoms with Gasteiger partial charge in [-0.2, -0.15) is 5.01 Å². The molecule has 116 valence electrons. The lowest BCUT2D eigenvalue weighted by Gasteiger charge is -2.16. The number of aromatic amines is 1. The van der Waals surface area contributed by atoms with Gasteiger partial charge in [-0.15, -0.1) is 0 Å². The van der Waals surface area contributed by atoms with Crippen molar-refractivity contribution in [2.45, 2.75) is 6.92 Å². The maximum atomic E-state index is 12.4. The average Bonchev–Trinajstić information content (AvgIpc) is 3.12. The van der Waals surface area contributed by atoms with E-state index in [0.717, 1.165) is 28.0 Å². The largest absolute Gasteiger partial charge is 0.362 e. The van der Waals surface area contributed by atoms with E-state index in [0.29, 0.717) is 14.8 Å². The molecule has 0 aliphatic carbocycles. The van der Waals surface area contributed by atoms with Crippen molar-refractivity contribution in [3.63, 3.8) is 0 Å². The van der Waals surface area contributed by atoms with Gasteiger partial charge < -0.3 is 4.98 Å². The predicted molar refractivity (Wildman–Crippen MR) is 94.4 cm³/mol. The zero-order chi connectivity index (χ0) is 16.4. The van der Waals surface area contributed by atoms with Gasteiger partial charge in [0.25, 0.3) is 11.8 Å². The van der Waals surface area contributed by atoms with E-state index in [4.69, 9.17) is 12.2 Å². The van der Waals surface area contributed by atoms with Crippen molar-refractivity contribution in [2.24, 2.45) is 0 Å². The SMILES string of the molecule is Cc1ccccc1C(=O)NN1C(=O)/C(=C/c2ccc[nH]2)SC1=S. The molecule has 3 rings (SSSR count). The van der Waals surface area contributed by atoms with Gasteiger partial charge in [-0.1, -0.05) is 30.0 Å². The summed E-state index contributed by atoms with van der Waals surface area (Å²) in [7, 11) is 0. The lowest BCUT2D eigenvalue weighted by Crippen LogP contribution is -2.45. The van der Waals surface area contributed by atoms with Gasteiger partial charge in [0.1, 0.15) is 0 Å². The van der Waals surface area contributed by atoms with Crippen LogP contribution in [0.3, 0.4) is 0 Å². The number of nitrogens with one attached hydrogen (secondary N) is 2. The van der Waals surface area contributed by atoms with E-state index in [1.54, 1.807) is 24.4 Å². The van der Waals surface area contributed by atoms with E-state index in [9.17, 15) is 9.59 Å². The molecule has 1 aliphatic heterocycles. The van der Waals surface area contributed by atoms with Crippen LogP contribution < -0.4 is 5.43 Å². The van der Waals surface area contributed by atoms with Crippen LogP contribution in [0.25, 0.3) is 6.08 Å². The first-order valence-corrected chi connectivity index (χ1v) is 8.06. The number of aromatic nitrogens is 1. The van der Waals surface area contributed by atoms with E-state index >= 15 is 0 Å². The Labute approximate surface area is 142 Å². The number of hydrazine groups is 1. The summed E-state index contributed by atoms with van der Waals surface area (Å²) < 4.78 is 0.301. The smallest absolute Gasteiger partial charge is 0.285 e. The molecule has 0 atom stereocenters. The van der Waals surface area contributed by atoms with Crippen molar-refractivity contribution in [3.8, 4) is 0 Å². The Hall–Kier alpha value is -2.38. The van der Waals surface area contributed by atoms with Gasteiger partial charge in [0.2, 0.25) is 0 Å². The van der Waals surface area contributed by atoms with Crippen LogP contribution >= 0.6 is 24.0 Å². The Morgan fingerprint density at radius 2 is 2.09 bits per heavy atom. The summed E-state index contributed by atoms with van der Waals surface area (Å²) in [5, 5.41) is 1.11. The molecule has 23 heavy (non-hydrogen) atoms. The van der Waals surface area contributed by atoms with Crippen LogP contribution in [-0.4, -0.2) is 26.1 Å². The van der Waals surface area contributed by atoms with Gasteiger partial charge in [0.15, 0.2) is 4.32 Å². The predicted octanol–water partition coefficient (Wildman–Crippen LogP) is 2.87. The second-order valence-corrected chi connectivity index (χ2v) is 6.57. The Morgan fingerprint density at radius 3 is 2.78 bits per heavy atom. The number of amides is 2. The van der Waals surface area contributed by atoms with Crippen LogP contribution in [0, 0.1) is 6.92 Å². The van der Waals surface area contributed by atoms with Crippen LogP contribution in [-0.2, 0) is 4.79 Å². The van der Waals surface area contributed by atoms with Crippen molar-refractivity contribution in [2.75, 3.05) is 0 Å². The summed E-state index contributed by atoms with van der Waals surface area (Å²) in [5.74, 6) is -0.697. The first-order valence-electron chi connectivity index (χ1n) is 6.84. The van der Waals surface area contributed by atoms with Crippen LogP contribution in [0.1, 0.15) is 21.6 Å². The number of hydrogen-bond donors (Lipinski definition) is 2. The van der Waals surface area contributed by atoms with E-state index < -0.39 is 0 Å². The maximum absolute atomic E-state index is 12.4. The quantitative estimate of drug-likeness (QED) is 0.664. The molecule has 2 amide bonds. The summed E-state index contributed by atoms with van der Waals surface area (Å²) in [6.07, 6.45) is 3.48. The maximum Gasteiger partial charge on any atom is 0.285 e. The van der Waals surface area contributed by atoms with Gasteiger partial charge in [-0.25, -0.2) is 0 Å². The molecule has 0 bridgehead atoms. The Morgan fingerprint density at radius 1 is 1.30 bits per heavy atom. The second-order valence-electron chi connectivity index (χ2n) is 4.90. The minimum Gasteiger partial charge on any atom is -0.362 e. The third kappa shape index (κ3) is 3.20. The Bertz CT molecular complexity index is 812. The number of thiocarbonyl (C=S) groups is 1. The zero-order valence-electron chi connectivity index (χ0n) is 12.2. The van der Waals surface area contributed by atoms with Gasteiger partial charge in [0.05, 0.1) is 4.91 Å². The number of benzene rings is 1. The first-order chi connectivity index (χ1) is 11.1. The fourth-order valence-electron chi connectivity index (χ4n) is 2.13. The average molecular weight is 343 g/mol. The summed E-state index contributed by atoms with van der Waals surface area (Å²) >= 11 is 6.35. The molecule has 2 N–H and O–H groups in total. The molecule has 1 fully saturated rings. The minimum atomic E-state index is -0.361. The normalized spacial score (nSPS) is 16.2. The van der Waals surface area contributed by atoms with Gasteiger partial charge in [-0.05, 0) is 49.0 Å². The Balaban J connectivity index is 1.79. The molecule has 1 saturated heterocycles. The topological polar surface area (TPSA) is 65.2 Å². The third-order valence-electron chi connectivity index (χ3n) is 3.31. The van der Waals surface area contributed by atoms with E-state index in [-0.39, 0.29) is 11.8 Å². The lowest BCUT2D eigenvalue weighted by atomic mass is 10.1. The molecule has 5 nitrogen and oxygen atoms in total. The molecule has 0 unspecified atom stereocenters. The number of aryl methyl sites for hydroxylation is 1. The van der Waals surface area contributed by atoms with Gasteiger partial charge in [0, 0.05) is 17.5 Å². The molecule has 0 spiro atoms. The van der Waals surface area contributed by atoms with Crippen LogP contribution in [0.15, 0.2) is 47.5 Å². The summed E-state index contributed by atoms with van der Waals surface area (Å²) in [4.78, 5) is 28.2. The highest BCUT2D eigenvalue weighted by molar-refractivity contribution is 8.26. The highest BCUT2D eigenvalue weighted by Crippen LogP contribution is 2.31. The minimum absolute atomic E-state index is 0.301. The molecule has 7 heteroatoms. The fraction of sp³-hybridized carbons (Fsp3) is 0.0625. The monoisotopic (exact) mass is 343 g/mol. The molecule has 1 aliphatic rings. The first kappa shape index (κ1) is 15.5. The van der Waals surface area contributed by atoms with Gasteiger partial charge in [-0.3, -0.25) is 15.0 Å². The number of thioether (sulfide) groups is 1. The highest BCUT2D eigenvalue weighted by Gasteiger charge is 2.34. The highest BCUT2D eigenvalue weighted by atomic mass is 32.2. The molecule has 1 aromatic heterocycles. The molecular formula is C16H13N3O2S2. The lowest BCUT2D eigenvalue weighted by molar-refractivity contribution is -0.123. The molecular weight excluding hydrogens is 330 g/mol. The zero-order valence-corrected chi connectivity index (χ0v) is 13.8. The van der Waals surface area contributed by atoms with Crippen molar-refractivity contribution >= 4 is 46.2 Å². The number of H-pyrrole nitrogens is 1. The number of hydrogen-bond acceptors (Lipinski definition) is 4. The standard InChI is InChI=1S/C16H13N3O2S2/c1-10-5-2-3-7-12(10)14(20)18-19-15(21)13(23-16(19)22)9-11-6-4-8-17-11/h2-9,17H,1H3,(H,18,20)/b13-9-. The fourth-order valence-corrected chi connectivity index (χ4v) is 3.30. The van der Waals surface area contributed by atoms with E-state index in [1.807, 2.05) is 31.2 Å². The molecule has 2 aromatic rings.